The normalized spacial score (nSPS) is 16.9. The van der Waals surface area contributed by atoms with Gasteiger partial charge >= 0.3 is 6.09 Å². The Morgan fingerprint density at radius 3 is 2.80 bits per heavy atom. The van der Waals surface area contributed by atoms with Crippen LogP contribution in [-0.2, 0) is 0 Å². The first kappa shape index (κ1) is 16.7. The fourth-order valence-electron chi connectivity index (χ4n) is 3.13. The first-order chi connectivity index (χ1) is 11.9. The number of amides is 1. The molecule has 9 heteroatoms. The highest BCUT2D eigenvalue weighted by Crippen LogP contribution is 2.34. The molecule has 1 aromatic carbocycles. The SMILES string of the molecule is Cc1noc(C)c1-c1ccc(N[C@@H]2CCN(C(=O)O)C2)c([N+](=O)[O-])c1. The number of aryl methyl sites for hydroxylation is 2. The van der Waals surface area contributed by atoms with Crippen LogP contribution in [0.15, 0.2) is 22.7 Å². The molecule has 0 bridgehead atoms. The predicted octanol–water partition coefficient (Wildman–Crippen LogP) is 3.03. The van der Waals surface area contributed by atoms with Gasteiger partial charge in [0.05, 0.1) is 10.6 Å². The number of carbonyl (C=O) groups is 1. The minimum absolute atomic E-state index is 0.0636. The molecule has 2 heterocycles. The van der Waals surface area contributed by atoms with Crippen LogP contribution in [0.1, 0.15) is 17.9 Å². The molecule has 9 nitrogen and oxygen atoms in total. The number of hydrogen-bond donors (Lipinski definition) is 2. The lowest BCUT2D eigenvalue weighted by Crippen LogP contribution is -2.30. The zero-order valence-electron chi connectivity index (χ0n) is 13.9. The van der Waals surface area contributed by atoms with E-state index in [-0.39, 0.29) is 11.7 Å². The molecule has 1 fully saturated rings. The molecule has 1 amide bonds. The van der Waals surface area contributed by atoms with Crippen LogP contribution < -0.4 is 5.32 Å². The number of rotatable bonds is 4. The van der Waals surface area contributed by atoms with Crippen molar-refractivity contribution >= 4 is 17.5 Å². The van der Waals surface area contributed by atoms with E-state index in [1.54, 1.807) is 26.0 Å². The predicted molar refractivity (Wildman–Crippen MR) is 89.7 cm³/mol. The number of nitrogens with one attached hydrogen (secondary N) is 1. The van der Waals surface area contributed by atoms with Gasteiger partial charge in [-0.15, -0.1) is 0 Å². The fourth-order valence-corrected chi connectivity index (χ4v) is 3.13. The van der Waals surface area contributed by atoms with E-state index in [9.17, 15) is 14.9 Å². The molecule has 2 N–H and O–H groups in total. The van der Waals surface area contributed by atoms with Crippen molar-refractivity contribution in [3.8, 4) is 11.1 Å². The van der Waals surface area contributed by atoms with Crippen molar-refractivity contribution in [3.05, 3.63) is 39.8 Å². The Morgan fingerprint density at radius 2 is 2.24 bits per heavy atom. The second kappa shape index (κ2) is 6.42. The molecule has 3 rings (SSSR count). The van der Waals surface area contributed by atoms with Crippen LogP contribution >= 0.6 is 0 Å². The second-order valence-corrected chi connectivity index (χ2v) is 6.05. The van der Waals surface area contributed by atoms with Gasteiger partial charge in [0.25, 0.3) is 5.69 Å². The first-order valence-electron chi connectivity index (χ1n) is 7.83. The van der Waals surface area contributed by atoms with Gasteiger partial charge in [0.1, 0.15) is 11.4 Å². The average Bonchev–Trinajstić information content (AvgIpc) is 3.15. The smallest absolute Gasteiger partial charge is 0.407 e. The number of nitrogens with zero attached hydrogens (tertiary/aromatic N) is 3. The zero-order valence-corrected chi connectivity index (χ0v) is 13.9. The number of anilines is 1. The van der Waals surface area contributed by atoms with Gasteiger partial charge in [0.2, 0.25) is 0 Å². The number of aromatic nitrogens is 1. The summed E-state index contributed by atoms with van der Waals surface area (Å²) in [4.78, 5) is 23.3. The van der Waals surface area contributed by atoms with Crippen molar-refractivity contribution in [1.82, 2.24) is 10.1 Å². The summed E-state index contributed by atoms with van der Waals surface area (Å²) in [7, 11) is 0. The van der Waals surface area contributed by atoms with Crippen LogP contribution in [0.5, 0.6) is 0 Å². The van der Waals surface area contributed by atoms with Crippen LogP contribution in [0.25, 0.3) is 11.1 Å². The van der Waals surface area contributed by atoms with Crippen molar-refractivity contribution < 1.29 is 19.3 Å². The van der Waals surface area contributed by atoms with Gasteiger partial charge in [0, 0.05) is 30.8 Å². The molecule has 0 spiro atoms. The maximum Gasteiger partial charge on any atom is 0.407 e. The second-order valence-electron chi connectivity index (χ2n) is 6.05. The molecule has 2 aromatic rings. The maximum atomic E-state index is 11.5. The number of carboxylic acid groups (broad SMARTS) is 1. The van der Waals surface area contributed by atoms with Crippen molar-refractivity contribution in [2.75, 3.05) is 18.4 Å². The third-order valence-corrected chi connectivity index (χ3v) is 4.33. The number of likely N-dealkylation sites (tertiary alicyclic amines) is 1. The molecule has 1 atom stereocenters. The molecule has 0 aliphatic carbocycles. The van der Waals surface area contributed by atoms with Crippen LogP contribution in [-0.4, -0.2) is 45.3 Å². The zero-order chi connectivity index (χ0) is 18.1. The third kappa shape index (κ3) is 3.25. The van der Waals surface area contributed by atoms with Gasteiger partial charge in [-0.05, 0) is 31.9 Å². The molecule has 132 valence electrons. The third-order valence-electron chi connectivity index (χ3n) is 4.33. The monoisotopic (exact) mass is 346 g/mol. The van der Waals surface area contributed by atoms with E-state index in [0.717, 1.165) is 5.56 Å². The molecule has 1 aliphatic rings. The Labute approximate surface area is 143 Å². The van der Waals surface area contributed by atoms with Crippen molar-refractivity contribution in [1.29, 1.82) is 0 Å². The molecule has 25 heavy (non-hydrogen) atoms. The van der Waals surface area contributed by atoms with E-state index in [2.05, 4.69) is 10.5 Å². The van der Waals surface area contributed by atoms with Gasteiger partial charge in [-0.2, -0.15) is 0 Å². The Balaban J connectivity index is 1.88. The molecule has 0 radical (unpaired) electrons. The van der Waals surface area contributed by atoms with Gasteiger partial charge in [-0.25, -0.2) is 4.79 Å². The summed E-state index contributed by atoms with van der Waals surface area (Å²) < 4.78 is 5.13. The van der Waals surface area contributed by atoms with Crippen molar-refractivity contribution in [2.24, 2.45) is 0 Å². The van der Waals surface area contributed by atoms with Crippen molar-refractivity contribution in [3.63, 3.8) is 0 Å². The quantitative estimate of drug-likeness (QED) is 0.644. The van der Waals surface area contributed by atoms with E-state index in [0.29, 0.717) is 42.2 Å². The van der Waals surface area contributed by atoms with Gasteiger partial charge < -0.3 is 19.8 Å². The summed E-state index contributed by atoms with van der Waals surface area (Å²) in [5, 5.41) is 27.5. The summed E-state index contributed by atoms with van der Waals surface area (Å²) in [5.74, 6) is 0.598. The Kier molecular flexibility index (Phi) is 4.30. The van der Waals surface area contributed by atoms with E-state index < -0.39 is 11.0 Å². The molecule has 1 aromatic heterocycles. The highest BCUT2D eigenvalue weighted by molar-refractivity contribution is 5.75. The van der Waals surface area contributed by atoms with Crippen molar-refractivity contribution in [2.45, 2.75) is 26.3 Å². The van der Waals surface area contributed by atoms with Crippen LogP contribution in [0.4, 0.5) is 16.2 Å². The van der Waals surface area contributed by atoms with E-state index in [4.69, 9.17) is 9.63 Å². The standard InChI is InChI=1S/C16H18N4O5/c1-9-15(10(2)25-18-9)11-3-4-13(14(7-11)20(23)24)17-12-5-6-19(8-12)16(21)22/h3-4,7,12,17H,5-6,8H2,1-2H3,(H,21,22)/t12-/m1/s1. The topological polar surface area (TPSA) is 122 Å². The van der Waals surface area contributed by atoms with E-state index in [1.165, 1.54) is 11.0 Å². The van der Waals surface area contributed by atoms with Crippen LogP contribution in [0.2, 0.25) is 0 Å². The van der Waals surface area contributed by atoms with Gasteiger partial charge in [-0.3, -0.25) is 10.1 Å². The molecule has 0 unspecified atom stereocenters. The lowest BCUT2D eigenvalue weighted by atomic mass is 10.0. The number of hydrogen-bond acceptors (Lipinski definition) is 6. The number of nitro groups is 1. The maximum absolute atomic E-state index is 11.5. The Bertz CT molecular complexity index is 812. The number of benzene rings is 1. The summed E-state index contributed by atoms with van der Waals surface area (Å²) >= 11 is 0. The molecular formula is C16H18N4O5. The number of nitro benzene ring substituents is 1. The fraction of sp³-hybridized carbons (Fsp3) is 0.375. The van der Waals surface area contributed by atoms with E-state index >= 15 is 0 Å². The average molecular weight is 346 g/mol. The van der Waals surface area contributed by atoms with Crippen LogP contribution in [0.3, 0.4) is 0 Å². The largest absolute Gasteiger partial charge is 0.465 e. The molecule has 0 saturated carbocycles. The Morgan fingerprint density at radius 1 is 1.48 bits per heavy atom. The molecular weight excluding hydrogens is 328 g/mol. The minimum atomic E-state index is -0.979. The summed E-state index contributed by atoms with van der Waals surface area (Å²) in [6.45, 7) is 4.26. The first-order valence-corrected chi connectivity index (χ1v) is 7.83. The summed E-state index contributed by atoms with van der Waals surface area (Å²) in [5.41, 5.74) is 2.38. The lowest BCUT2D eigenvalue weighted by Gasteiger charge is -2.15. The van der Waals surface area contributed by atoms with Crippen LogP contribution in [0, 0.1) is 24.0 Å². The lowest BCUT2D eigenvalue weighted by molar-refractivity contribution is -0.383. The highest BCUT2D eigenvalue weighted by Gasteiger charge is 2.28. The summed E-state index contributed by atoms with van der Waals surface area (Å²) in [6.07, 6.45) is -0.373. The van der Waals surface area contributed by atoms with E-state index in [1.807, 2.05) is 0 Å². The minimum Gasteiger partial charge on any atom is -0.465 e. The molecule has 1 saturated heterocycles. The highest BCUT2D eigenvalue weighted by atomic mass is 16.6. The summed E-state index contributed by atoms with van der Waals surface area (Å²) in [6, 6.07) is 4.74. The Hall–Kier alpha value is -3.10. The van der Waals surface area contributed by atoms with Gasteiger partial charge in [0.15, 0.2) is 0 Å². The van der Waals surface area contributed by atoms with Gasteiger partial charge in [-0.1, -0.05) is 11.2 Å². The molecule has 1 aliphatic heterocycles.